The molecule has 1 fully saturated rings. The smallest absolute Gasteiger partial charge is 0.313 e. The van der Waals surface area contributed by atoms with Crippen molar-refractivity contribution < 1.29 is 18.7 Å². The molecule has 1 aromatic heterocycles. The Morgan fingerprint density at radius 3 is 2.42 bits per heavy atom. The van der Waals surface area contributed by atoms with Crippen molar-refractivity contribution in [3.63, 3.8) is 0 Å². The lowest BCUT2D eigenvalue weighted by atomic mass is 10.1. The van der Waals surface area contributed by atoms with E-state index >= 15 is 0 Å². The van der Waals surface area contributed by atoms with Crippen LogP contribution in [-0.4, -0.2) is 61.0 Å². The zero-order valence-corrected chi connectivity index (χ0v) is 20.2. The Morgan fingerprint density at radius 2 is 1.75 bits per heavy atom. The molecular formula is C27H30FN5O3. The molecule has 1 aliphatic heterocycles. The second kappa shape index (κ2) is 12.1. The van der Waals surface area contributed by atoms with Gasteiger partial charge < -0.3 is 20.3 Å². The molecule has 0 aliphatic carbocycles. The molecule has 2 N–H and O–H groups in total. The number of aromatic nitrogens is 1. The average Bonchev–Trinajstić information content (AvgIpc) is 2.91. The minimum atomic E-state index is -0.742. The van der Waals surface area contributed by atoms with Crippen LogP contribution in [0.25, 0.3) is 0 Å². The number of nitrogens with zero attached hydrogens (tertiary/aromatic N) is 3. The van der Waals surface area contributed by atoms with Crippen LogP contribution in [0.3, 0.4) is 0 Å². The van der Waals surface area contributed by atoms with E-state index in [9.17, 15) is 14.0 Å². The lowest BCUT2D eigenvalue weighted by Crippen LogP contribution is -2.50. The van der Waals surface area contributed by atoms with Gasteiger partial charge in [0.05, 0.1) is 18.3 Å². The number of carbonyl (C=O) groups is 2. The van der Waals surface area contributed by atoms with Crippen molar-refractivity contribution in [3.8, 4) is 5.75 Å². The van der Waals surface area contributed by atoms with E-state index in [0.717, 1.165) is 5.56 Å². The largest absolute Gasteiger partial charge is 0.494 e. The normalized spacial score (nSPS) is 14.7. The Hall–Kier alpha value is -3.98. The number of halogens is 1. The van der Waals surface area contributed by atoms with Gasteiger partial charge in [0.1, 0.15) is 11.6 Å². The number of rotatable bonds is 8. The van der Waals surface area contributed by atoms with E-state index in [4.69, 9.17) is 4.74 Å². The minimum absolute atomic E-state index is 0.177. The molecule has 3 aromatic rings. The van der Waals surface area contributed by atoms with Gasteiger partial charge in [0.2, 0.25) is 0 Å². The molecule has 0 saturated carbocycles. The highest BCUT2D eigenvalue weighted by atomic mass is 19.1. The van der Waals surface area contributed by atoms with Crippen LogP contribution in [0.2, 0.25) is 0 Å². The van der Waals surface area contributed by atoms with Gasteiger partial charge in [0.15, 0.2) is 0 Å². The molecule has 8 nitrogen and oxygen atoms in total. The Bertz CT molecular complexity index is 1150. The standard InChI is InChI=1S/C27H30FN5O3/c1-2-36-22-11-9-21(10-12-22)31-27(35)26(34)30-19-25(20-6-5-13-29-18-20)33-16-14-32(15-17-33)24-8-4-3-7-23(24)28/h3-13,18,25H,2,14-17,19H2,1H3,(H,30,34)(H,31,35). The average molecular weight is 492 g/mol. The van der Waals surface area contributed by atoms with Gasteiger partial charge in [0.25, 0.3) is 0 Å². The second-order valence-electron chi connectivity index (χ2n) is 8.40. The van der Waals surface area contributed by atoms with Gasteiger partial charge in [0, 0.05) is 50.8 Å². The molecule has 9 heteroatoms. The van der Waals surface area contributed by atoms with Crippen molar-refractivity contribution in [2.24, 2.45) is 0 Å². The van der Waals surface area contributed by atoms with Crippen LogP contribution in [0, 0.1) is 5.82 Å². The molecule has 1 aliphatic rings. The highest BCUT2D eigenvalue weighted by Gasteiger charge is 2.27. The molecule has 2 amide bonds. The van der Waals surface area contributed by atoms with E-state index in [0.29, 0.717) is 49.9 Å². The molecule has 0 bridgehead atoms. The van der Waals surface area contributed by atoms with Crippen molar-refractivity contribution in [2.45, 2.75) is 13.0 Å². The summed E-state index contributed by atoms with van der Waals surface area (Å²) in [5, 5.41) is 5.37. The monoisotopic (exact) mass is 491 g/mol. The minimum Gasteiger partial charge on any atom is -0.494 e. The number of piperazine rings is 1. The molecule has 1 unspecified atom stereocenters. The molecule has 0 spiro atoms. The van der Waals surface area contributed by atoms with Crippen molar-refractivity contribution in [3.05, 3.63) is 84.4 Å². The predicted molar refractivity (Wildman–Crippen MR) is 136 cm³/mol. The molecule has 36 heavy (non-hydrogen) atoms. The summed E-state index contributed by atoms with van der Waals surface area (Å²) < 4.78 is 19.6. The fourth-order valence-electron chi connectivity index (χ4n) is 4.27. The van der Waals surface area contributed by atoms with Crippen molar-refractivity contribution in [1.29, 1.82) is 0 Å². The van der Waals surface area contributed by atoms with Crippen LogP contribution in [0.1, 0.15) is 18.5 Å². The van der Waals surface area contributed by atoms with Crippen LogP contribution < -0.4 is 20.3 Å². The first-order valence-corrected chi connectivity index (χ1v) is 12.0. The molecule has 4 rings (SSSR count). The van der Waals surface area contributed by atoms with Crippen LogP contribution in [0.4, 0.5) is 15.8 Å². The van der Waals surface area contributed by atoms with E-state index in [-0.39, 0.29) is 18.4 Å². The zero-order valence-electron chi connectivity index (χ0n) is 20.2. The van der Waals surface area contributed by atoms with Crippen molar-refractivity contribution >= 4 is 23.2 Å². The molecule has 188 valence electrons. The van der Waals surface area contributed by atoms with Gasteiger partial charge in [-0.3, -0.25) is 19.5 Å². The van der Waals surface area contributed by atoms with Gasteiger partial charge in [-0.05, 0) is 55.0 Å². The summed E-state index contributed by atoms with van der Waals surface area (Å²) in [5.74, 6) is -1.01. The van der Waals surface area contributed by atoms with E-state index < -0.39 is 11.8 Å². The Balaban J connectivity index is 1.36. The number of para-hydroxylation sites is 1. The molecule has 1 atom stereocenters. The lowest BCUT2D eigenvalue weighted by molar-refractivity contribution is -0.136. The predicted octanol–water partition coefficient (Wildman–Crippen LogP) is 3.24. The third kappa shape index (κ3) is 6.37. The van der Waals surface area contributed by atoms with Gasteiger partial charge in [-0.1, -0.05) is 18.2 Å². The first-order valence-electron chi connectivity index (χ1n) is 12.0. The Morgan fingerprint density at radius 1 is 1.00 bits per heavy atom. The number of anilines is 2. The first kappa shape index (κ1) is 25.1. The third-order valence-corrected chi connectivity index (χ3v) is 6.10. The maximum absolute atomic E-state index is 14.2. The van der Waals surface area contributed by atoms with Crippen LogP contribution >= 0.6 is 0 Å². The molecule has 2 aromatic carbocycles. The molecule has 0 radical (unpaired) electrons. The van der Waals surface area contributed by atoms with Crippen LogP contribution in [-0.2, 0) is 9.59 Å². The van der Waals surface area contributed by atoms with Crippen LogP contribution in [0.15, 0.2) is 73.1 Å². The molecule has 2 heterocycles. The molecular weight excluding hydrogens is 461 g/mol. The highest BCUT2D eigenvalue weighted by Crippen LogP contribution is 2.25. The second-order valence-corrected chi connectivity index (χ2v) is 8.40. The van der Waals surface area contributed by atoms with Crippen molar-refractivity contribution in [1.82, 2.24) is 15.2 Å². The summed E-state index contributed by atoms with van der Waals surface area (Å²) in [7, 11) is 0. The zero-order chi connectivity index (χ0) is 25.3. The van der Waals surface area contributed by atoms with Gasteiger partial charge in [-0.15, -0.1) is 0 Å². The summed E-state index contributed by atoms with van der Waals surface area (Å²) >= 11 is 0. The summed E-state index contributed by atoms with van der Waals surface area (Å²) in [4.78, 5) is 33.5. The van der Waals surface area contributed by atoms with Crippen molar-refractivity contribution in [2.75, 3.05) is 49.5 Å². The van der Waals surface area contributed by atoms with E-state index in [1.54, 1.807) is 48.8 Å². The quantitative estimate of drug-likeness (QED) is 0.471. The highest BCUT2D eigenvalue weighted by molar-refractivity contribution is 6.39. The van der Waals surface area contributed by atoms with Crippen LogP contribution in [0.5, 0.6) is 5.75 Å². The topological polar surface area (TPSA) is 86.8 Å². The number of benzene rings is 2. The third-order valence-electron chi connectivity index (χ3n) is 6.10. The summed E-state index contributed by atoms with van der Waals surface area (Å²) in [6.45, 7) is 5.30. The van der Waals surface area contributed by atoms with Gasteiger partial charge in [-0.25, -0.2) is 4.39 Å². The van der Waals surface area contributed by atoms with Gasteiger partial charge >= 0.3 is 11.8 Å². The fourth-order valence-corrected chi connectivity index (χ4v) is 4.27. The Kier molecular flexibility index (Phi) is 8.46. The number of nitrogens with one attached hydrogen (secondary N) is 2. The fraction of sp³-hybridized carbons (Fsp3) is 0.296. The van der Waals surface area contributed by atoms with E-state index in [1.165, 1.54) is 6.07 Å². The number of ether oxygens (including phenoxy) is 1. The number of hydrogen-bond donors (Lipinski definition) is 2. The summed E-state index contributed by atoms with van der Waals surface area (Å²) in [5.41, 5.74) is 2.03. The number of carbonyl (C=O) groups excluding carboxylic acids is 2. The summed E-state index contributed by atoms with van der Waals surface area (Å²) in [6.07, 6.45) is 3.46. The van der Waals surface area contributed by atoms with E-state index in [1.807, 2.05) is 30.0 Å². The maximum atomic E-state index is 14.2. The number of hydrogen-bond acceptors (Lipinski definition) is 6. The lowest BCUT2D eigenvalue weighted by Gasteiger charge is -2.40. The first-order chi connectivity index (χ1) is 17.5. The van der Waals surface area contributed by atoms with Gasteiger partial charge in [-0.2, -0.15) is 0 Å². The van der Waals surface area contributed by atoms with E-state index in [2.05, 4.69) is 20.5 Å². The number of pyridine rings is 1. The molecule has 1 saturated heterocycles. The maximum Gasteiger partial charge on any atom is 0.313 e. The SMILES string of the molecule is CCOc1ccc(NC(=O)C(=O)NCC(c2cccnc2)N2CCN(c3ccccc3F)CC2)cc1. The number of amides is 2. The summed E-state index contributed by atoms with van der Waals surface area (Å²) in [6, 6.07) is 17.2. The Labute approximate surface area is 210 Å².